The fourth-order valence-corrected chi connectivity index (χ4v) is 2.16. The number of ketones is 1. The molecule has 0 radical (unpaired) electrons. The zero-order valence-electron chi connectivity index (χ0n) is 10.8. The first kappa shape index (κ1) is 15.5. The Kier molecular flexibility index (Phi) is 4.93. The summed E-state index contributed by atoms with van der Waals surface area (Å²) < 4.78 is 0. The standard InChI is InChI=1S/C14H11BrClN3O2/c15-6-11(20)13-9(2-1-3-10(13)17)14(21)19-12-5-4-8(16)7-18-12/h1-5,7H,6,17H2,(H,18,19,21). The molecule has 0 aliphatic carbocycles. The third kappa shape index (κ3) is 3.59. The molecule has 1 amide bonds. The molecule has 0 aliphatic rings. The quantitative estimate of drug-likeness (QED) is 0.493. The van der Waals surface area contributed by atoms with Gasteiger partial charge in [0.2, 0.25) is 0 Å². The van der Waals surface area contributed by atoms with Crippen LogP contribution in [0.5, 0.6) is 0 Å². The van der Waals surface area contributed by atoms with Crippen LogP contribution in [0.1, 0.15) is 20.7 Å². The number of pyridine rings is 1. The lowest BCUT2D eigenvalue weighted by atomic mass is 10.0. The maximum atomic E-state index is 12.3. The van der Waals surface area contributed by atoms with Crippen molar-refractivity contribution in [3.05, 3.63) is 52.7 Å². The molecule has 0 unspecified atom stereocenters. The summed E-state index contributed by atoms with van der Waals surface area (Å²) in [5.41, 5.74) is 6.45. The number of amides is 1. The van der Waals surface area contributed by atoms with Gasteiger partial charge in [0.25, 0.3) is 5.91 Å². The van der Waals surface area contributed by atoms with Crippen LogP contribution in [0.4, 0.5) is 11.5 Å². The second-order valence-corrected chi connectivity index (χ2v) is 5.14. The highest BCUT2D eigenvalue weighted by Crippen LogP contribution is 2.20. The van der Waals surface area contributed by atoms with Crippen LogP contribution in [0.25, 0.3) is 0 Å². The number of hydrogen-bond acceptors (Lipinski definition) is 4. The zero-order valence-corrected chi connectivity index (χ0v) is 13.1. The van der Waals surface area contributed by atoms with Crippen molar-refractivity contribution in [2.45, 2.75) is 0 Å². The monoisotopic (exact) mass is 367 g/mol. The number of nitrogens with zero attached hydrogens (tertiary/aromatic N) is 1. The molecule has 1 aromatic carbocycles. The molecule has 1 aromatic heterocycles. The van der Waals surface area contributed by atoms with Crippen LogP contribution in [0.3, 0.4) is 0 Å². The number of anilines is 2. The van der Waals surface area contributed by atoms with Crippen molar-refractivity contribution in [3.8, 4) is 0 Å². The maximum Gasteiger partial charge on any atom is 0.257 e. The number of Topliss-reactive ketones (excluding diaryl/α,β-unsaturated/α-hetero) is 1. The Morgan fingerprint density at radius 1 is 1.29 bits per heavy atom. The van der Waals surface area contributed by atoms with Crippen LogP contribution in [0, 0.1) is 0 Å². The number of aromatic nitrogens is 1. The lowest BCUT2D eigenvalue weighted by Crippen LogP contribution is -2.19. The highest BCUT2D eigenvalue weighted by atomic mass is 79.9. The number of rotatable bonds is 4. The van der Waals surface area contributed by atoms with E-state index < -0.39 is 5.91 Å². The van der Waals surface area contributed by atoms with Gasteiger partial charge in [0, 0.05) is 11.9 Å². The van der Waals surface area contributed by atoms with E-state index >= 15 is 0 Å². The first-order chi connectivity index (χ1) is 10.0. The highest BCUT2D eigenvalue weighted by Gasteiger charge is 2.19. The minimum Gasteiger partial charge on any atom is -0.398 e. The van der Waals surface area contributed by atoms with Crippen molar-refractivity contribution in [2.24, 2.45) is 0 Å². The molecule has 0 spiro atoms. The summed E-state index contributed by atoms with van der Waals surface area (Å²) in [7, 11) is 0. The molecule has 7 heteroatoms. The van der Waals surface area contributed by atoms with Gasteiger partial charge in [-0.15, -0.1) is 0 Å². The van der Waals surface area contributed by atoms with Crippen LogP contribution >= 0.6 is 27.5 Å². The molecule has 0 aliphatic heterocycles. The normalized spacial score (nSPS) is 10.2. The molecule has 5 nitrogen and oxygen atoms in total. The fraction of sp³-hybridized carbons (Fsp3) is 0.0714. The van der Waals surface area contributed by atoms with E-state index in [1.165, 1.54) is 12.3 Å². The van der Waals surface area contributed by atoms with Crippen molar-refractivity contribution in [1.29, 1.82) is 0 Å². The van der Waals surface area contributed by atoms with Crippen LogP contribution in [-0.2, 0) is 0 Å². The topological polar surface area (TPSA) is 85.1 Å². The Balaban J connectivity index is 2.33. The Morgan fingerprint density at radius 3 is 2.67 bits per heavy atom. The molecule has 0 bridgehead atoms. The summed E-state index contributed by atoms with van der Waals surface area (Å²) >= 11 is 8.81. The van der Waals surface area contributed by atoms with Gasteiger partial charge >= 0.3 is 0 Å². The third-order valence-electron chi connectivity index (χ3n) is 2.71. The van der Waals surface area contributed by atoms with Gasteiger partial charge < -0.3 is 11.1 Å². The third-order valence-corrected chi connectivity index (χ3v) is 3.44. The maximum absolute atomic E-state index is 12.3. The Morgan fingerprint density at radius 2 is 2.05 bits per heavy atom. The van der Waals surface area contributed by atoms with Gasteiger partial charge in [-0.25, -0.2) is 4.98 Å². The highest BCUT2D eigenvalue weighted by molar-refractivity contribution is 9.09. The summed E-state index contributed by atoms with van der Waals surface area (Å²) in [5, 5.41) is 3.15. The van der Waals surface area contributed by atoms with Crippen LogP contribution < -0.4 is 11.1 Å². The van der Waals surface area contributed by atoms with Crippen molar-refractivity contribution in [1.82, 2.24) is 4.98 Å². The number of hydrogen-bond donors (Lipinski definition) is 2. The number of nitrogens with two attached hydrogens (primary N) is 1. The first-order valence-electron chi connectivity index (χ1n) is 5.93. The minimum atomic E-state index is -0.457. The lowest BCUT2D eigenvalue weighted by molar-refractivity contribution is 0.0989. The van der Waals surface area contributed by atoms with Gasteiger partial charge in [-0.05, 0) is 24.3 Å². The molecular weight excluding hydrogens is 358 g/mol. The smallest absolute Gasteiger partial charge is 0.257 e. The predicted molar refractivity (Wildman–Crippen MR) is 86.2 cm³/mol. The molecule has 0 fully saturated rings. The zero-order chi connectivity index (χ0) is 15.4. The molecule has 2 rings (SSSR count). The van der Waals surface area contributed by atoms with Crippen LogP contribution in [0.2, 0.25) is 5.02 Å². The van der Waals surface area contributed by atoms with Gasteiger partial charge in [-0.3, -0.25) is 9.59 Å². The Hall–Kier alpha value is -1.92. The average molecular weight is 369 g/mol. The number of benzene rings is 1. The number of carbonyl (C=O) groups excluding carboxylic acids is 2. The summed E-state index contributed by atoms with van der Waals surface area (Å²) in [6.07, 6.45) is 1.42. The minimum absolute atomic E-state index is 0.0840. The van der Waals surface area contributed by atoms with E-state index in [-0.39, 0.29) is 27.9 Å². The van der Waals surface area contributed by atoms with Crippen molar-refractivity contribution >= 4 is 50.7 Å². The van der Waals surface area contributed by atoms with Gasteiger partial charge in [0.15, 0.2) is 5.78 Å². The van der Waals surface area contributed by atoms with Gasteiger partial charge in [0.05, 0.1) is 21.5 Å². The van der Waals surface area contributed by atoms with E-state index in [2.05, 4.69) is 26.2 Å². The average Bonchev–Trinajstić information content (AvgIpc) is 2.48. The van der Waals surface area contributed by atoms with Gasteiger partial charge in [0.1, 0.15) is 5.82 Å². The SMILES string of the molecule is Nc1cccc(C(=O)Nc2ccc(Cl)cn2)c1C(=O)CBr. The molecule has 0 saturated carbocycles. The number of halogens is 2. The summed E-state index contributed by atoms with van der Waals surface area (Å²) in [5.74, 6) is -0.382. The molecule has 0 saturated heterocycles. The molecule has 21 heavy (non-hydrogen) atoms. The van der Waals surface area contributed by atoms with Crippen LogP contribution in [-0.4, -0.2) is 22.0 Å². The molecule has 1 heterocycles. The number of nitrogens with one attached hydrogen (secondary N) is 1. The number of carbonyl (C=O) groups is 2. The molecular formula is C14H11BrClN3O2. The van der Waals surface area contributed by atoms with Crippen molar-refractivity contribution in [3.63, 3.8) is 0 Å². The van der Waals surface area contributed by atoms with Crippen molar-refractivity contribution in [2.75, 3.05) is 16.4 Å². The number of nitrogen functional groups attached to an aromatic ring is 1. The summed E-state index contributed by atoms with van der Waals surface area (Å²) in [6.45, 7) is 0. The Bertz CT molecular complexity index is 689. The Labute approximate surface area is 134 Å². The summed E-state index contributed by atoms with van der Waals surface area (Å²) in [4.78, 5) is 28.2. The van der Waals surface area contributed by atoms with Crippen LogP contribution in [0.15, 0.2) is 36.5 Å². The second kappa shape index (κ2) is 6.69. The van der Waals surface area contributed by atoms with Gasteiger partial charge in [-0.2, -0.15) is 0 Å². The molecule has 3 N–H and O–H groups in total. The largest absolute Gasteiger partial charge is 0.398 e. The van der Waals surface area contributed by atoms with E-state index in [9.17, 15) is 9.59 Å². The van der Waals surface area contributed by atoms with Crippen molar-refractivity contribution < 1.29 is 9.59 Å². The molecule has 2 aromatic rings. The lowest BCUT2D eigenvalue weighted by Gasteiger charge is -2.10. The van der Waals surface area contributed by atoms with E-state index in [4.69, 9.17) is 17.3 Å². The van der Waals surface area contributed by atoms with Gasteiger partial charge in [-0.1, -0.05) is 33.6 Å². The molecule has 0 atom stereocenters. The number of alkyl halides is 1. The molecule has 108 valence electrons. The van der Waals surface area contributed by atoms with E-state index in [0.29, 0.717) is 10.8 Å². The van der Waals surface area contributed by atoms with E-state index in [1.54, 1.807) is 24.3 Å². The second-order valence-electron chi connectivity index (χ2n) is 4.14. The fourth-order valence-electron chi connectivity index (χ4n) is 1.77. The first-order valence-corrected chi connectivity index (χ1v) is 7.43. The summed E-state index contributed by atoms with van der Waals surface area (Å²) in [6, 6.07) is 7.90. The van der Waals surface area contributed by atoms with E-state index in [1.807, 2.05) is 0 Å². The predicted octanol–water partition coefficient (Wildman–Crippen LogP) is 3.15. The van der Waals surface area contributed by atoms with E-state index in [0.717, 1.165) is 0 Å².